The molecule has 25 heavy (non-hydrogen) atoms. The highest BCUT2D eigenvalue weighted by Crippen LogP contribution is 2.16. The van der Waals surface area contributed by atoms with E-state index in [1.165, 1.54) is 0 Å². The lowest BCUT2D eigenvalue weighted by atomic mass is 10.1. The summed E-state index contributed by atoms with van der Waals surface area (Å²) in [5.41, 5.74) is 3.91. The topological polar surface area (TPSA) is 67.6 Å². The summed E-state index contributed by atoms with van der Waals surface area (Å²) in [4.78, 5) is 14.6. The number of aryl methyl sites for hydroxylation is 2. The number of hydrogen-bond acceptors (Lipinski definition) is 4. The van der Waals surface area contributed by atoms with E-state index in [1.54, 1.807) is 0 Å². The number of aromatic nitrogens is 2. The number of ether oxygens (including phenoxy) is 1. The summed E-state index contributed by atoms with van der Waals surface area (Å²) in [6.45, 7) is 6.37. The Balaban J connectivity index is 1.70. The molecule has 1 aromatic carbocycles. The first-order valence-electron chi connectivity index (χ1n) is 8.68. The third-order valence-corrected chi connectivity index (χ3v) is 4.59. The molecule has 1 unspecified atom stereocenters. The fourth-order valence-corrected chi connectivity index (χ4v) is 3.24. The van der Waals surface area contributed by atoms with Gasteiger partial charge >= 0.3 is 0 Å². The van der Waals surface area contributed by atoms with E-state index >= 15 is 0 Å². The lowest BCUT2D eigenvalue weighted by molar-refractivity contribution is -0.00829. The van der Waals surface area contributed by atoms with Crippen molar-refractivity contribution in [1.82, 2.24) is 14.7 Å². The van der Waals surface area contributed by atoms with Crippen LogP contribution in [0.2, 0.25) is 0 Å². The van der Waals surface area contributed by atoms with Gasteiger partial charge in [-0.2, -0.15) is 5.10 Å². The Bertz CT molecular complexity index is 722. The molecule has 2 heterocycles. The minimum Gasteiger partial charge on any atom is -0.396 e. The molecule has 1 N–H and O–H groups in total. The molecular weight excluding hydrogens is 318 g/mol. The SMILES string of the molecule is Cc1cc(C)n(Cc2ccc(C(=O)N3CCOCC3CCO)cc2)n1. The number of carbonyl (C=O) groups excluding carboxylic acids is 1. The molecule has 0 bridgehead atoms. The molecule has 0 radical (unpaired) electrons. The highest BCUT2D eigenvalue weighted by atomic mass is 16.5. The number of hydrogen-bond donors (Lipinski definition) is 1. The van der Waals surface area contributed by atoms with E-state index < -0.39 is 0 Å². The Morgan fingerprint density at radius 2 is 2.08 bits per heavy atom. The van der Waals surface area contributed by atoms with Gasteiger partial charge in [-0.25, -0.2) is 0 Å². The van der Waals surface area contributed by atoms with Crippen LogP contribution in [-0.4, -0.2) is 58.1 Å². The van der Waals surface area contributed by atoms with Crippen molar-refractivity contribution in [3.05, 3.63) is 52.8 Å². The summed E-state index contributed by atoms with van der Waals surface area (Å²) in [5, 5.41) is 13.7. The Morgan fingerprint density at radius 3 is 2.72 bits per heavy atom. The molecule has 2 aromatic rings. The van der Waals surface area contributed by atoms with Gasteiger partial charge in [0.1, 0.15) is 0 Å². The Hall–Kier alpha value is -2.18. The van der Waals surface area contributed by atoms with Crippen molar-refractivity contribution < 1.29 is 14.6 Å². The second-order valence-electron chi connectivity index (χ2n) is 6.52. The van der Waals surface area contributed by atoms with Crippen molar-refractivity contribution in [3.63, 3.8) is 0 Å². The quantitative estimate of drug-likeness (QED) is 0.898. The van der Waals surface area contributed by atoms with Crippen LogP contribution in [0.15, 0.2) is 30.3 Å². The van der Waals surface area contributed by atoms with Crippen LogP contribution in [0.5, 0.6) is 0 Å². The maximum atomic E-state index is 12.8. The van der Waals surface area contributed by atoms with Crippen molar-refractivity contribution >= 4 is 5.91 Å². The van der Waals surface area contributed by atoms with Crippen LogP contribution in [-0.2, 0) is 11.3 Å². The molecule has 0 saturated carbocycles. The van der Waals surface area contributed by atoms with Crippen molar-refractivity contribution in [2.75, 3.05) is 26.4 Å². The second kappa shape index (κ2) is 7.80. The summed E-state index contributed by atoms with van der Waals surface area (Å²) >= 11 is 0. The van der Waals surface area contributed by atoms with E-state index in [0.717, 1.165) is 17.0 Å². The van der Waals surface area contributed by atoms with Gasteiger partial charge < -0.3 is 14.7 Å². The zero-order valence-electron chi connectivity index (χ0n) is 14.8. The third kappa shape index (κ3) is 4.08. The maximum absolute atomic E-state index is 12.8. The Kier molecular flexibility index (Phi) is 5.50. The van der Waals surface area contributed by atoms with E-state index in [2.05, 4.69) is 11.2 Å². The molecule has 6 heteroatoms. The number of rotatable bonds is 5. The lowest BCUT2D eigenvalue weighted by Gasteiger charge is -2.35. The molecule has 134 valence electrons. The van der Waals surface area contributed by atoms with E-state index in [1.807, 2.05) is 47.7 Å². The molecule has 1 saturated heterocycles. The van der Waals surface area contributed by atoms with Crippen LogP contribution in [0.3, 0.4) is 0 Å². The molecule has 1 aromatic heterocycles. The van der Waals surface area contributed by atoms with Gasteiger partial charge in [-0.3, -0.25) is 9.48 Å². The Labute approximate surface area is 148 Å². The number of benzene rings is 1. The molecule has 0 spiro atoms. The van der Waals surface area contributed by atoms with Crippen molar-refractivity contribution in [2.24, 2.45) is 0 Å². The minimum atomic E-state index is -0.0550. The van der Waals surface area contributed by atoms with Gasteiger partial charge in [-0.05, 0) is 44.0 Å². The van der Waals surface area contributed by atoms with Gasteiger partial charge in [0.05, 0.1) is 31.5 Å². The average Bonchev–Trinajstić information content (AvgIpc) is 2.93. The molecule has 1 aliphatic rings. The van der Waals surface area contributed by atoms with Gasteiger partial charge in [-0.15, -0.1) is 0 Å². The normalized spacial score (nSPS) is 17.7. The average molecular weight is 343 g/mol. The highest BCUT2D eigenvalue weighted by molar-refractivity contribution is 5.94. The standard InChI is InChI=1S/C19H25N3O3/c1-14-11-15(2)22(20-14)12-16-3-5-17(6-4-16)19(24)21-8-10-25-13-18(21)7-9-23/h3-6,11,18,23H,7-10,12-13H2,1-2H3. The molecule has 1 amide bonds. The predicted octanol–water partition coefficient (Wildman–Crippen LogP) is 1.77. The number of morpholine rings is 1. The van der Waals surface area contributed by atoms with Crippen LogP contribution in [0.4, 0.5) is 0 Å². The van der Waals surface area contributed by atoms with Crippen LogP contribution < -0.4 is 0 Å². The smallest absolute Gasteiger partial charge is 0.254 e. The van der Waals surface area contributed by atoms with Gasteiger partial charge in [-0.1, -0.05) is 12.1 Å². The van der Waals surface area contributed by atoms with Crippen molar-refractivity contribution in [1.29, 1.82) is 0 Å². The zero-order valence-corrected chi connectivity index (χ0v) is 14.8. The fourth-order valence-electron chi connectivity index (χ4n) is 3.24. The van der Waals surface area contributed by atoms with Crippen LogP contribution in [0.1, 0.15) is 33.7 Å². The minimum absolute atomic E-state index is 0.000542. The third-order valence-electron chi connectivity index (χ3n) is 4.59. The molecule has 6 nitrogen and oxygen atoms in total. The summed E-state index contributed by atoms with van der Waals surface area (Å²) in [6.07, 6.45) is 0.543. The van der Waals surface area contributed by atoms with Crippen LogP contribution in [0.25, 0.3) is 0 Å². The van der Waals surface area contributed by atoms with Gasteiger partial charge in [0, 0.05) is 24.4 Å². The second-order valence-corrected chi connectivity index (χ2v) is 6.52. The summed E-state index contributed by atoms with van der Waals surface area (Å²) in [5.74, 6) is -0.000542. The van der Waals surface area contributed by atoms with E-state index in [4.69, 9.17) is 4.74 Å². The molecule has 0 aliphatic carbocycles. The first-order chi connectivity index (χ1) is 12.1. The monoisotopic (exact) mass is 343 g/mol. The van der Waals surface area contributed by atoms with Crippen LogP contribution in [0, 0.1) is 13.8 Å². The summed E-state index contributed by atoms with van der Waals surface area (Å²) in [7, 11) is 0. The molecular formula is C19H25N3O3. The van der Waals surface area contributed by atoms with Gasteiger partial charge in [0.15, 0.2) is 0 Å². The first kappa shape index (κ1) is 17.6. The Morgan fingerprint density at radius 1 is 1.32 bits per heavy atom. The molecule has 3 rings (SSSR count). The lowest BCUT2D eigenvalue weighted by Crippen LogP contribution is -2.49. The van der Waals surface area contributed by atoms with Crippen LogP contribution >= 0.6 is 0 Å². The highest BCUT2D eigenvalue weighted by Gasteiger charge is 2.27. The zero-order chi connectivity index (χ0) is 17.8. The largest absolute Gasteiger partial charge is 0.396 e. The number of carbonyl (C=O) groups is 1. The maximum Gasteiger partial charge on any atom is 0.254 e. The number of amides is 1. The van der Waals surface area contributed by atoms with E-state index in [9.17, 15) is 9.90 Å². The number of aliphatic hydroxyl groups is 1. The van der Waals surface area contributed by atoms with Gasteiger partial charge in [0.2, 0.25) is 0 Å². The molecule has 1 aliphatic heterocycles. The first-order valence-corrected chi connectivity index (χ1v) is 8.68. The molecule has 1 atom stereocenters. The van der Waals surface area contributed by atoms with E-state index in [-0.39, 0.29) is 18.6 Å². The van der Waals surface area contributed by atoms with Crippen molar-refractivity contribution in [3.8, 4) is 0 Å². The predicted molar refractivity (Wildman–Crippen MR) is 94.6 cm³/mol. The summed E-state index contributed by atoms with van der Waals surface area (Å²) < 4.78 is 7.40. The van der Waals surface area contributed by atoms with Gasteiger partial charge in [0.25, 0.3) is 5.91 Å². The molecule has 1 fully saturated rings. The van der Waals surface area contributed by atoms with E-state index in [0.29, 0.717) is 38.3 Å². The number of nitrogens with zero attached hydrogens (tertiary/aromatic N) is 3. The number of aliphatic hydroxyl groups excluding tert-OH is 1. The van der Waals surface area contributed by atoms with Crippen molar-refractivity contribution in [2.45, 2.75) is 32.9 Å². The summed E-state index contributed by atoms with van der Waals surface area (Å²) in [6, 6.07) is 9.69. The fraction of sp³-hybridized carbons (Fsp3) is 0.474.